The lowest BCUT2D eigenvalue weighted by atomic mass is 9.99. The number of ether oxygens (including phenoxy) is 2. The fourth-order valence-corrected chi connectivity index (χ4v) is 3.37. The molecule has 1 unspecified atom stereocenters. The monoisotopic (exact) mass is 325 g/mol. The van der Waals surface area contributed by atoms with E-state index in [2.05, 4.69) is 46.4 Å². The molecule has 1 atom stereocenters. The van der Waals surface area contributed by atoms with E-state index < -0.39 is 0 Å². The van der Waals surface area contributed by atoms with Gasteiger partial charge in [0.15, 0.2) is 6.29 Å². The van der Waals surface area contributed by atoms with Crippen molar-refractivity contribution in [2.24, 2.45) is 0 Å². The van der Waals surface area contributed by atoms with Gasteiger partial charge in [0.05, 0.1) is 6.07 Å². The van der Waals surface area contributed by atoms with Gasteiger partial charge in [-0.1, -0.05) is 24.3 Å². The van der Waals surface area contributed by atoms with Crippen LogP contribution >= 0.6 is 0 Å². The van der Waals surface area contributed by atoms with Gasteiger partial charge in [0.2, 0.25) is 0 Å². The molecule has 1 N–H and O–H groups in total. The normalized spacial score (nSPS) is 18.8. The first-order valence-corrected chi connectivity index (χ1v) is 8.20. The number of hydrogen-bond acceptors (Lipinski definition) is 4. The van der Waals surface area contributed by atoms with Crippen LogP contribution in [-0.2, 0) is 15.9 Å². The van der Waals surface area contributed by atoms with Gasteiger partial charge in [-0.2, -0.15) is 5.26 Å². The molecule has 0 aliphatic carbocycles. The maximum Gasteiger partial charge on any atom is 0.179 e. The van der Waals surface area contributed by atoms with Crippen molar-refractivity contribution in [2.45, 2.75) is 25.2 Å². The number of hydrogen-bond donors (Lipinski definition) is 1. The van der Waals surface area contributed by atoms with E-state index >= 15 is 0 Å². The summed E-state index contributed by atoms with van der Waals surface area (Å²) < 4.78 is 10.6. The zero-order valence-electron chi connectivity index (χ0n) is 14.2. The van der Waals surface area contributed by atoms with Crippen LogP contribution in [0.25, 0.3) is 10.9 Å². The molecule has 0 spiro atoms. The standard InChI is InChI=1S/C19H23N3O2/c1-23-19(24-2)14-7-9-22(16(11-14)12-20)10-8-15-13-21-18-6-4-3-5-17(15)18/h3-7,13,16,19,21H,8-11H2,1-2H3. The molecule has 126 valence electrons. The Morgan fingerprint density at radius 3 is 2.88 bits per heavy atom. The Hall–Kier alpha value is -2.13. The van der Waals surface area contributed by atoms with Crippen LogP contribution in [0.15, 0.2) is 42.1 Å². The summed E-state index contributed by atoms with van der Waals surface area (Å²) in [5.74, 6) is 0. The Morgan fingerprint density at radius 2 is 2.12 bits per heavy atom. The van der Waals surface area contributed by atoms with Gasteiger partial charge in [0.1, 0.15) is 6.04 Å². The third-order valence-electron chi connectivity index (χ3n) is 4.68. The molecule has 1 aromatic heterocycles. The Kier molecular flexibility index (Phi) is 5.31. The van der Waals surface area contributed by atoms with Gasteiger partial charge in [0, 0.05) is 50.8 Å². The van der Waals surface area contributed by atoms with Gasteiger partial charge >= 0.3 is 0 Å². The molecule has 0 radical (unpaired) electrons. The third kappa shape index (κ3) is 3.36. The lowest BCUT2D eigenvalue weighted by Gasteiger charge is -2.32. The van der Waals surface area contributed by atoms with Gasteiger partial charge in [-0.05, 0) is 23.6 Å². The van der Waals surface area contributed by atoms with Crippen LogP contribution in [-0.4, -0.2) is 49.5 Å². The lowest BCUT2D eigenvalue weighted by molar-refractivity contribution is -0.0789. The first-order valence-electron chi connectivity index (χ1n) is 8.20. The van der Waals surface area contributed by atoms with Crippen molar-refractivity contribution < 1.29 is 9.47 Å². The molecule has 0 fully saturated rings. The van der Waals surface area contributed by atoms with Crippen molar-refractivity contribution in [3.05, 3.63) is 47.7 Å². The molecule has 0 amide bonds. The van der Waals surface area contributed by atoms with Crippen LogP contribution in [0, 0.1) is 11.3 Å². The highest BCUT2D eigenvalue weighted by molar-refractivity contribution is 5.83. The van der Waals surface area contributed by atoms with E-state index in [0.717, 1.165) is 30.6 Å². The van der Waals surface area contributed by atoms with E-state index in [0.29, 0.717) is 6.42 Å². The van der Waals surface area contributed by atoms with Crippen LogP contribution in [0.3, 0.4) is 0 Å². The Labute approximate surface area is 142 Å². The Balaban J connectivity index is 1.68. The predicted octanol–water partition coefficient (Wildman–Crippen LogP) is 2.85. The van der Waals surface area contributed by atoms with E-state index in [1.165, 1.54) is 10.9 Å². The lowest BCUT2D eigenvalue weighted by Crippen LogP contribution is -2.41. The van der Waals surface area contributed by atoms with E-state index in [1.54, 1.807) is 14.2 Å². The first kappa shape index (κ1) is 16.7. The number of nitrogens with zero attached hydrogens (tertiary/aromatic N) is 2. The number of methoxy groups -OCH3 is 2. The molecule has 1 aliphatic heterocycles. The van der Waals surface area contributed by atoms with Gasteiger partial charge in [-0.15, -0.1) is 0 Å². The van der Waals surface area contributed by atoms with Gasteiger partial charge in [-0.25, -0.2) is 0 Å². The minimum Gasteiger partial charge on any atom is -0.361 e. The number of aromatic amines is 1. The fraction of sp³-hybridized carbons (Fsp3) is 0.421. The van der Waals surface area contributed by atoms with E-state index in [9.17, 15) is 5.26 Å². The summed E-state index contributed by atoms with van der Waals surface area (Å²) in [5.41, 5.74) is 3.51. The summed E-state index contributed by atoms with van der Waals surface area (Å²) in [7, 11) is 3.25. The molecule has 0 bridgehead atoms. The predicted molar refractivity (Wildman–Crippen MR) is 93.5 cm³/mol. The molecule has 2 heterocycles. The molecule has 0 saturated heterocycles. The fourth-order valence-electron chi connectivity index (χ4n) is 3.37. The van der Waals surface area contributed by atoms with Crippen LogP contribution in [0.4, 0.5) is 0 Å². The number of nitriles is 1. The average Bonchev–Trinajstić information content (AvgIpc) is 3.04. The van der Waals surface area contributed by atoms with Gasteiger partial charge < -0.3 is 14.5 Å². The van der Waals surface area contributed by atoms with Crippen LogP contribution in [0.2, 0.25) is 0 Å². The quantitative estimate of drug-likeness (QED) is 0.655. The van der Waals surface area contributed by atoms with Crippen molar-refractivity contribution in [1.82, 2.24) is 9.88 Å². The molecule has 24 heavy (non-hydrogen) atoms. The minimum atomic E-state index is -0.350. The molecular formula is C19H23N3O2. The van der Waals surface area contributed by atoms with Crippen molar-refractivity contribution in [3.63, 3.8) is 0 Å². The van der Waals surface area contributed by atoms with Crippen LogP contribution in [0.1, 0.15) is 12.0 Å². The van der Waals surface area contributed by atoms with Crippen molar-refractivity contribution in [2.75, 3.05) is 27.3 Å². The topological polar surface area (TPSA) is 61.3 Å². The zero-order chi connectivity index (χ0) is 16.9. The number of benzene rings is 1. The molecule has 2 aromatic rings. The van der Waals surface area contributed by atoms with Crippen LogP contribution in [0.5, 0.6) is 0 Å². The molecule has 5 nitrogen and oxygen atoms in total. The van der Waals surface area contributed by atoms with Crippen molar-refractivity contribution in [3.8, 4) is 6.07 Å². The number of aromatic nitrogens is 1. The molecule has 3 rings (SSSR count). The second kappa shape index (κ2) is 7.63. The Bertz CT molecular complexity index is 755. The number of H-pyrrole nitrogens is 1. The van der Waals surface area contributed by atoms with Gasteiger partial charge in [-0.3, -0.25) is 4.90 Å². The van der Waals surface area contributed by atoms with Gasteiger partial charge in [0.25, 0.3) is 0 Å². The summed E-state index contributed by atoms with van der Waals surface area (Å²) in [6.45, 7) is 1.60. The second-order valence-corrected chi connectivity index (χ2v) is 6.04. The third-order valence-corrected chi connectivity index (χ3v) is 4.68. The highest BCUT2D eigenvalue weighted by Gasteiger charge is 2.27. The van der Waals surface area contributed by atoms with E-state index in [1.807, 2.05) is 6.07 Å². The first-order chi connectivity index (χ1) is 11.8. The molecule has 1 aliphatic rings. The molecule has 0 saturated carbocycles. The average molecular weight is 325 g/mol. The number of fused-ring (bicyclic) bond motifs is 1. The summed E-state index contributed by atoms with van der Waals surface area (Å²) in [6, 6.07) is 10.6. The Morgan fingerprint density at radius 1 is 1.33 bits per heavy atom. The number of para-hydroxylation sites is 1. The summed E-state index contributed by atoms with van der Waals surface area (Å²) in [6.07, 6.45) is 5.43. The highest BCUT2D eigenvalue weighted by atomic mass is 16.7. The van der Waals surface area contributed by atoms with Crippen LogP contribution < -0.4 is 0 Å². The molecule has 1 aromatic carbocycles. The minimum absolute atomic E-state index is 0.136. The maximum atomic E-state index is 9.53. The largest absolute Gasteiger partial charge is 0.361 e. The SMILES string of the molecule is COC(OC)C1=CCN(CCc2c[nH]c3ccccc23)C(C#N)C1. The maximum absolute atomic E-state index is 9.53. The van der Waals surface area contributed by atoms with E-state index in [4.69, 9.17) is 9.47 Å². The molecule has 5 heteroatoms. The highest BCUT2D eigenvalue weighted by Crippen LogP contribution is 2.24. The second-order valence-electron chi connectivity index (χ2n) is 6.04. The summed E-state index contributed by atoms with van der Waals surface area (Å²) in [4.78, 5) is 5.53. The molecular weight excluding hydrogens is 302 g/mol. The number of nitrogens with one attached hydrogen (secondary N) is 1. The van der Waals surface area contributed by atoms with Crippen molar-refractivity contribution in [1.29, 1.82) is 5.26 Å². The smallest absolute Gasteiger partial charge is 0.179 e. The summed E-state index contributed by atoms with van der Waals surface area (Å²) >= 11 is 0. The number of rotatable bonds is 6. The zero-order valence-corrected chi connectivity index (χ0v) is 14.2. The van der Waals surface area contributed by atoms with Crippen molar-refractivity contribution >= 4 is 10.9 Å². The summed E-state index contributed by atoms with van der Waals surface area (Å²) in [5, 5.41) is 10.8. The van der Waals surface area contributed by atoms with E-state index in [-0.39, 0.29) is 12.3 Å².